The fourth-order valence-corrected chi connectivity index (χ4v) is 164. The number of hydrogen-bond acceptors (Lipinski definition) is 1. The van der Waals surface area contributed by atoms with Crippen LogP contribution in [-0.2, 0) is 0 Å². The molecule has 0 atom stereocenters. The van der Waals surface area contributed by atoms with Crippen LogP contribution in [0.15, 0.2) is 0 Å². The zero-order chi connectivity index (χ0) is 26.4. The summed E-state index contributed by atoms with van der Waals surface area (Å²) in [6, 6.07) is 0. The monoisotopic (exact) mass is 770 g/mol. The molecule has 0 unspecified atom stereocenters. The molecule has 0 aromatic heterocycles. The molecule has 6 rings (SSSR count). The van der Waals surface area contributed by atoms with Crippen molar-refractivity contribution in [2.24, 2.45) is 0 Å². The van der Waals surface area contributed by atoms with Gasteiger partial charge in [0, 0.05) is 0 Å². The normalized spacial score (nSPS) is 29.5. The SMILES string of the molecule is C1CC[CH]([Sn]([S][Sn]([CH]2CCCCC2)([CH]2CCCCC2)[CH]2CCCCC2)([CH]2CCCCC2)[CH]2CCCCC2)CC1. The zero-order valence-electron chi connectivity index (χ0n) is 26.1. The molecule has 0 aromatic rings. The Labute approximate surface area is 254 Å². The maximum atomic E-state index is 3.34. The van der Waals surface area contributed by atoms with Crippen molar-refractivity contribution in [2.45, 2.75) is 216 Å². The Morgan fingerprint density at radius 2 is 0.385 bits per heavy atom. The predicted octanol–water partition coefficient (Wildman–Crippen LogP) is 13.6. The van der Waals surface area contributed by atoms with Crippen molar-refractivity contribution < 1.29 is 0 Å². The van der Waals surface area contributed by atoms with Gasteiger partial charge in [-0.05, 0) is 0 Å². The van der Waals surface area contributed by atoms with Crippen LogP contribution in [-0.4, -0.2) is 34.0 Å². The van der Waals surface area contributed by atoms with Crippen molar-refractivity contribution in [3.8, 4) is 0 Å². The Morgan fingerprint density at radius 1 is 0.231 bits per heavy atom. The molecule has 0 radical (unpaired) electrons. The van der Waals surface area contributed by atoms with Crippen LogP contribution >= 0.6 is 6.13 Å². The molecular formula is C36H66SSn2. The van der Waals surface area contributed by atoms with Crippen LogP contribution in [0.1, 0.15) is 193 Å². The van der Waals surface area contributed by atoms with E-state index in [9.17, 15) is 0 Å². The van der Waals surface area contributed by atoms with Gasteiger partial charge in [-0.2, -0.15) is 0 Å². The van der Waals surface area contributed by atoms with Crippen LogP contribution in [0.2, 0.25) is 23.6 Å². The van der Waals surface area contributed by atoms with Gasteiger partial charge in [0.25, 0.3) is 0 Å². The van der Waals surface area contributed by atoms with Crippen molar-refractivity contribution in [3.63, 3.8) is 0 Å². The molecule has 224 valence electrons. The standard InChI is InChI=1S/6C6H11.S.2Sn/c6*1-2-4-6-5-3-1;;;/h6*1H,2-6H2;;;. The molecular weight excluding hydrogens is 702 g/mol. The fourth-order valence-electron chi connectivity index (χ4n) is 12.1. The number of hydrogen-bond donors (Lipinski definition) is 0. The minimum absolute atomic E-state index is 1.30. The third-order valence-electron chi connectivity index (χ3n) is 13.8. The fraction of sp³-hybridized carbons (Fsp3) is 1.00. The average molecular weight is 768 g/mol. The molecule has 6 saturated carbocycles. The van der Waals surface area contributed by atoms with E-state index in [-0.39, 0.29) is 0 Å². The summed E-state index contributed by atoms with van der Waals surface area (Å²) in [5, 5.41) is 0. The van der Waals surface area contributed by atoms with Crippen LogP contribution in [0, 0.1) is 0 Å². The molecule has 0 saturated heterocycles. The summed E-state index contributed by atoms with van der Waals surface area (Å²) in [6.07, 6.45) is 53.0. The van der Waals surface area contributed by atoms with Crippen molar-refractivity contribution in [2.75, 3.05) is 0 Å². The second-order valence-corrected chi connectivity index (χ2v) is 62.7. The first-order valence-electron chi connectivity index (χ1n) is 19.0. The Morgan fingerprint density at radius 3 is 0.538 bits per heavy atom. The molecule has 0 nitrogen and oxygen atoms in total. The third-order valence-corrected chi connectivity index (χ3v) is 106. The van der Waals surface area contributed by atoms with Gasteiger partial charge in [-0.15, -0.1) is 0 Å². The zero-order valence-corrected chi connectivity index (χ0v) is 32.6. The van der Waals surface area contributed by atoms with Gasteiger partial charge in [-0.1, -0.05) is 0 Å². The van der Waals surface area contributed by atoms with E-state index < -0.39 is 34.0 Å². The molecule has 3 heteroatoms. The molecule has 0 aromatic carbocycles. The van der Waals surface area contributed by atoms with E-state index >= 15 is 0 Å². The summed E-state index contributed by atoms with van der Waals surface area (Å²) in [6.45, 7) is 0. The van der Waals surface area contributed by atoms with Gasteiger partial charge in [-0.25, -0.2) is 0 Å². The van der Waals surface area contributed by atoms with E-state index in [1.165, 1.54) is 23.6 Å². The molecule has 0 N–H and O–H groups in total. The first-order chi connectivity index (χ1) is 19.3. The van der Waals surface area contributed by atoms with Crippen LogP contribution in [0.4, 0.5) is 0 Å². The van der Waals surface area contributed by atoms with Crippen molar-refractivity contribution >= 4 is 40.1 Å². The van der Waals surface area contributed by atoms with E-state index in [0.717, 1.165) is 0 Å². The molecule has 6 aliphatic carbocycles. The third kappa shape index (κ3) is 6.80. The van der Waals surface area contributed by atoms with Gasteiger partial charge in [0.1, 0.15) is 0 Å². The first-order valence-corrected chi connectivity index (χ1v) is 36.7. The average Bonchev–Trinajstić information content (AvgIpc) is 3.04. The van der Waals surface area contributed by atoms with Gasteiger partial charge < -0.3 is 0 Å². The van der Waals surface area contributed by atoms with E-state index in [2.05, 4.69) is 6.13 Å². The molecule has 0 aliphatic heterocycles. The predicted molar refractivity (Wildman–Crippen MR) is 180 cm³/mol. The Bertz CT molecular complexity index is 550. The summed E-state index contributed by atoms with van der Waals surface area (Å²) in [4.78, 5) is 0. The van der Waals surface area contributed by atoms with Crippen LogP contribution in [0.25, 0.3) is 0 Å². The summed E-state index contributed by atoms with van der Waals surface area (Å²) >= 11 is -5.18. The summed E-state index contributed by atoms with van der Waals surface area (Å²) < 4.78 is 7.81. The Kier molecular flexibility index (Phi) is 12.1. The molecule has 6 aliphatic rings. The molecule has 6 fully saturated rings. The molecule has 0 heterocycles. The Balaban J connectivity index is 1.49. The van der Waals surface area contributed by atoms with E-state index in [0.29, 0.717) is 0 Å². The van der Waals surface area contributed by atoms with Gasteiger partial charge in [-0.3, -0.25) is 0 Å². The maximum absolute atomic E-state index is 3.34. The minimum atomic E-state index is -2.59. The van der Waals surface area contributed by atoms with Gasteiger partial charge in [0.05, 0.1) is 0 Å². The van der Waals surface area contributed by atoms with E-state index in [1.54, 1.807) is 193 Å². The first kappa shape index (κ1) is 31.0. The summed E-state index contributed by atoms with van der Waals surface area (Å²) in [5.41, 5.74) is 0. The van der Waals surface area contributed by atoms with E-state index in [1.807, 2.05) is 0 Å². The quantitative estimate of drug-likeness (QED) is 0.222. The summed E-state index contributed by atoms with van der Waals surface area (Å²) in [5.74, 6) is 0. The van der Waals surface area contributed by atoms with Gasteiger partial charge >= 0.3 is 256 Å². The molecule has 0 amide bonds. The van der Waals surface area contributed by atoms with Gasteiger partial charge in [0.15, 0.2) is 0 Å². The molecule has 0 spiro atoms. The topological polar surface area (TPSA) is 0 Å². The summed E-state index contributed by atoms with van der Waals surface area (Å²) in [7, 11) is 0. The van der Waals surface area contributed by atoms with Crippen molar-refractivity contribution in [3.05, 3.63) is 0 Å². The second-order valence-electron chi connectivity index (χ2n) is 15.8. The molecule has 0 bridgehead atoms. The molecule has 39 heavy (non-hydrogen) atoms. The van der Waals surface area contributed by atoms with Gasteiger partial charge in [0.2, 0.25) is 0 Å². The van der Waals surface area contributed by atoms with Crippen LogP contribution < -0.4 is 0 Å². The number of rotatable bonds is 8. The van der Waals surface area contributed by atoms with Crippen molar-refractivity contribution in [1.82, 2.24) is 0 Å². The second kappa shape index (κ2) is 15.3. The van der Waals surface area contributed by atoms with E-state index in [4.69, 9.17) is 0 Å². The van der Waals surface area contributed by atoms with Crippen LogP contribution in [0.3, 0.4) is 0 Å². The van der Waals surface area contributed by atoms with Crippen molar-refractivity contribution in [1.29, 1.82) is 0 Å². The van der Waals surface area contributed by atoms with Crippen LogP contribution in [0.5, 0.6) is 0 Å². The Hall–Kier alpha value is 1.95.